The molecule has 0 atom stereocenters. The van der Waals surface area contributed by atoms with Crippen molar-refractivity contribution < 1.29 is 0 Å². The number of nitrogens with zero attached hydrogens (tertiary/aromatic N) is 1. The lowest BCUT2D eigenvalue weighted by atomic mass is 10.1. The van der Waals surface area contributed by atoms with Crippen LogP contribution in [0, 0.1) is 0 Å². The van der Waals surface area contributed by atoms with E-state index in [1.54, 1.807) is 0 Å². The van der Waals surface area contributed by atoms with E-state index in [-0.39, 0.29) is 0 Å². The molecule has 1 aliphatic rings. The molecule has 1 nitrogen and oxygen atoms in total. The highest BCUT2D eigenvalue weighted by Gasteiger charge is 2.05. The molecular weight excluding hydrogens is 134 g/mol. The summed E-state index contributed by atoms with van der Waals surface area (Å²) in [6.45, 7) is 1.79. The smallest absolute Gasteiger partial charge is 0.0391 e. The molecule has 0 amide bonds. The van der Waals surface area contributed by atoms with Gasteiger partial charge in [-0.15, -0.1) is 0 Å². The van der Waals surface area contributed by atoms with Crippen molar-refractivity contribution in [3.8, 4) is 0 Å². The van der Waals surface area contributed by atoms with Crippen LogP contribution in [0.1, 0.15) is 5.56 Å². The normalized spacial score (nSPS) is 16.5. The van der Waals surface area contributed by atoms with Crippen LogP contribution in [0.15, 0.2) is 36.4 Å². The van der Waals surface area contributed by atoms with Crippen LogP contribution in [0.5, 0.6) is 0 Å². The first-order valence-corrected chi connectivity index (χ1v) is 3.84. The standard InChI is InChI=1S/C10H10N/c1-2-4-9(5-3-1)10-6-7-11-8-10/h1-6H,7-8H2. The van der Waals surface area contributed by atoms with Gasteiger partial charge < -0.3 is 0 Å². The van der Waals surface area contributed by atoms with Crippen LogP contribution in [-0.2, 0) is 0 Å². The molecule has 11 heavy (non-hydrogen) atoms. The van der Waals surface area contributed by atoms with Crippen LogP contribution in [-0.4, -0.2) is 13.1 Å². The molecule has 0 saturated heterocycles. The Bertz CT molecular complexity index is 261. The van der Waals surface area contributed by atoms with E-state index in [4.69, 9.17) is 0 Å². The molecule has 0 unspecified atom stereocenters. The maximum absolute atomic E-state index is 4.25. The van der Waals surface area contributed by atoms with Gasteiger partial charge in [0.15, 0.2) is 0 Å². The van der Waals surface area contributed by atoms with Crippen molar-refractivity contribution in [1.82, 2.24) is 5.32 Å². The molecule has 0 fully saturated rings. The van der Waals surface area contributed by atoms with E-state index >= 15 is 0 Å². The molecule has 0 N–H and O–H groups in total. The Balaban J connectivity index is 2.29. The van der Waals surface area contributed by atoms with Crippen LogP contribution in [0.25, 0.3) is 5.57 Å². The van der Waals surface area contributed by atoms with Gasteiger partial charge in [0.25, 0.3) is 0 Å². The first kappa shape index (κ1) is 6.62. The summed E-state index contributed by atoms with van der Waals surface area (Å²) in [5, 5.41) is 4.25. The van der Waals surface area contributed by atoms with Crippen molar-refractivity contribution in [3.05, 3.63) is 42.0 Å². The highest BCUT2D eigenvalue weighted by Crippen LogP contribution is 2.15. The summed E-state index contributed by atoms with van der Waals surface area (Å²) in [5.74, 6) is 0. The molecule has 1 heterocycles. The summed E-state index contributed by atoms with van der Waals surface area (Å²) in [6, 6.07) is 10.4. The SMILES string of the molecule is C1=C(c2ccccc2)C[N]C1. The molecular formula is C10H10N. The first-order valence-electron chi connectivity index (χ1n) is 3.84. The van der Waals surface area contributed by atoms with Crippen molar-refractivity contribution in [3.63, 3.8) is 0 Å². The van der Waals surface area contributed by atoms with Gasteiger partial charge in [-0.25, -0.2) is 5.32 Å². The molecule has 1 aromatic carbocycles. The monoisotopic (exact) mass is 144 g/mol. The third-order valence-electron chi connectivity index (χ3n) is 1.89. The number of hydrogen-bond acceptors (Lipinski definition) is 0. The third-order valence-corrected chi connectivity index (χ3v) is 1.89. The van der Waals surface area contributed by atoms with Gasteiger partial charge in [-0.3, -0.25) is 0 Å². The second-order valence-electron chi connectivity index (χ2n) is 2.66. The lowest BCUT2D eigenvalue weighted by Gasteiger charge is -1.98. The molecule has 0 bridgehead atoms. The molecule has 0 spiro atoms. The summed E-state index contributed by atoms with van der Waals surface area (Å²) in [5.41, 5.74) is 2.68. The van der Waals surface area contributed by atoms with Crippen molar-refractivity contribution in [2.45, 2.75) is 0 Å². The molecule has 1 aliphatic heterocycles. The van der Waals surface area contributed by atoms with Crippen molar-refractivity contribution in [1.29, 1.82) is 0 Å². The van der Waals surface area contributed by atoms with E-state index in [0.717, 1.165) is 13.1 Å². The molecule has 1 heteroatoms. The highest BCUT2D eigenvalue weighted by atomic mass is 14.9. The minimum absolute atomic E-state index is 0.893. The van der Waals surface area contributed by atoms with Gasteiger partial charge in [-0.05, 0) is 11.1 Å². The first-order chi connectivity index (χ1) is 5.47. The number of rotatable bonds is 1. The Morgan fingerprint density at radius 3 is 2.55 bits per heavy atom. The van der Waals surface area contributed by atoms with E-state index in [9.17, 15) is 0 Å². The van der Waals surface area contributed by atoms with Gasteiger partial charge in [0.1, 0.15) is 0 Å². The van der Waals surface area contributed by atoms with Crippen molar-refractivity contribution in [2.75, 3.05) is 13.1 Å². The largest absolute Gasteiger partial charge is 0.233 e. The van der Waals surface area contributed by atoms with Crippen LogP contribution in [0.2, 0.25) is 0 Å². The summed E-state index contributed by atoms with van der Waals surface area (Å²) in [6.07, 6.45) is 2.19. The van der Waals surface area contributed by atoms with Crippen LogP contribution >= 0.6 is 0 Å². The van der Waals surface area contributed by atoms with Crippen LogP contribution in [0.3, 0.4) is 0 Å². The quantitative estimate of drug-likeness (QED) is 0.569. The Labute approximate surface area is 66.7 Å². The minimum Gasteiger partial charge on any atom is -0.233 e. The fraction of sp³-hybridized carbons (Fsp3) is 0.200. The zero-order valence-corrected chi connectivity index (χ0v) is 6.33. The maximum atomic E-state index is 4.25. The summed E-state index contributed by atoms with van der Waals surface area (Å²) >= 11 is 0. The van der Waals surface area contributed by atoms with Gasteiger partial charge >= 0.3 is 0 Å². The minimum atomic E-state index is 0.893. The van der Waals surface area contributed by atoms with Gasteiger partial charge in [0, 0.05) is 13.1 Å². The van der Waals surface area contributed by atoms with E-state index < -0.39 is 0 Å². The molecule has 0 aliphatic carbocycles. The second-order valence-corrected chi connectivity index (χ2v) is 2.66. The van der Waals surface area contributed by atoms with Crippen LogP contribution in [0.4, 0.5) is 0 Å². The third kappa shape index (κ3) is 1.33. The van der Waals surface area contributed by atoms with Gasteiger partial charge in [0.2, 0.25) is 0 Å². The highest BCUT2D eigenvalue weighted by molar-refractivity contribution is 5.68. The Hall–Kier alpha value is -1.08. The number of benzene rings is 1. The van der Waals surface area contributed by atoms with E-state index in [1.807, 2.05) is 6.07 Å². The van der Waals surface area contributed by atoms with Crippen molar-refractivity contribution in [2.24, 2.45) is 0 Å². The summed E-state index contributed by atoms with van der Waals surface area (Å²) in [4.78, 5) is 0. The van der Waals surface area contributed by atoms with E-state index in [0.29, 0.717) is 0 Å². The molecule has 2 rings (SSSR count). The van der Waals surface area contributed by atoms with Crippen molar-refractivity contribution >= 4 is 5.57 Å². The topological polar surface area (TPSA) is 14.1 Å². The lowest BCUT2D eigenvalue weighted by Crippen LogP contribution is -1.97. The Morgan fingerprint density at radius 2 is 1.91 bits per heavy atom. The molecule has 1 aromatic rings. The van der Waals surface area contributed by atoms with Gasteiger partial charge in [-0.2, -0.15) is 0 Å². The average molecular weight is 144 g/mol. The predicted octanol–water partition coefficient (Wildman–Crippen LogP) is 1.69. The number of hydrogen-bond donors (Lipinski definition) is 0. The zero-order valence-electron chi connectivity index (χ0n) is 6.33. The molecule has 55 valence electrons. The Morgan fingerprint density at radius 1 is 1.09 bits per heavy atom. The maximum Gasteiger partial charge on any atom is 0.0391 e. The van der Waals surface area contributed by atoms with E-state index in [1.165, 1.54) is 11.1 Å². The summed E-state index contributed by atoms with van der Waals surface area (Å²) in [7, 11) is 0. The fourth-order valence-electron chi connectivity index (χ4n) is 1.29. The fourth-order valence-corrected chi connectivity index (χ4v) is 1.29. The van der Waals surface area contributed by atoms with Gasteiger partial charge in [0.05, 0.1) is 0 Å². The van der Waals surface area contributed by atoms with Gasteiger partial charge in [-0.1, -0.05) is 36.4 Å². The Kier molecular flexibility index (Phi) is 1.74. The lowest BCUT2D eigenvalue weighted by molar-refractivity contribution is 0.876. The summed E-state index contributed by atoms with van der Waals surface area (Å²) < 4.78 is 0. The zero-order chi connectivity index (χ0) is 7.52. The predicted molar refractivity (Wildman–Crippen MR) is 46.3 cm³/mol. The molecule has 0 saturated carbocycles. The molecule has 1 radical (unpaired) electrons. The van der Waals surface area contributed by atoms with E-state index in [2.05, 4.69) is 35.7 Å². The molecule has 0 aromatic heterocycles. The van der Waals surface area contributed by atoms with Crippen LogP contribution < -0.4 is 5.32 Å². The average Bonchev–Trinajstić information content (AvgIpc) is 2.58. The second kappa shape index (κ2) is 2.89.